The molecule has 1 fully saturated rings. The minimum absolute atomic E-state index is 0.0414. The van der Waals surface area contributed by atoms with E-state index in [2.05, 4.69) is 16.7 Å². The standard InChI is InChI=1S/C21H21N3O5S/c22-8-17-16-3-1-14(10-29-21(26)23-15-11-28-12-15)7-18(16)30-20(17)24-19(25)4-2-13-5-6-27-9-13/h2,4-6,9,14-15H,1,3,7,10-12H2,(H,23,26)(H,24,25)/b4-2+. The molecule has 2 aliphatic rings. The van der Waals surface area contributed by atoms with E-state index in [1.54, 1.807) is 12.1 Å². The van der Waals surface area contributed by atoms with Gasteiger partial charge in [0.1, 0.15) is 11.1 Å². The van der Waals surface area contributed by atoms with Crippen LogP contribution in [0.1, 0.15) is 28.0 Å². The van der Waals surface area contributed by atoms with E-state index in [9.17, 15) is 14.9 Å². The Balaban J connectivity index is 1.35. The average molecular weight is 427 g/mol. The Morgan fingerprint density at radius 1 is 1.40 bits per heavy atom. The lowest BCUT2D eigenvalue weighted by Crippen LogP contribution is -2.49. The van der Waals surface area contributed by atoms with Gasteiger partial charge in [-0.2, -0.15) is 5.26 Å². The summed E-state index contributed by atoms with van der Waals surface area (Å²) < 4.78 is 15.3. The Morgan fingerprint density at radius 3 is 2.97 bits per heavy atom. The van der Waals surface area contributed by atoms with Gasteiger partial charge >= 0.3 is 6.09 Å². The first kappa shape index (κ1) is 20.2. The van der Waals surface area contributed by atoms with Gasteiger partial charge in [0.15, 0.2) is 0 Å². The van der Waals surface area contributed by atoms with Crippen LogP contribution in [0.25, 0.3) is 6.08 Å². The monoisotopic (exact) mass is 427 g/mol. The Kier molecular flexibility index (Phi) is 6.16. The summed E-state index contributed by atoms with van der Waals surface area (Å²) in [5.41, 5.74) is 2.30. The van der Waals surface area contributed by atoms with Crippen molar-refractivity contribution in [1.29, 1.82) is 5.26 Å². The number of thiophene rings is 1. The number of nitrogens with one attached hydrogen (secondary N) is 2. The fourth-order valence-electron chi connectivity index (χ4n) is 3.42. The van der Waals surface area contributed by atoms with Crippen LogP contribution in [0.15, 0.2) is 29.1 Å². The molecular weight excluding hydrogens is 406 g/mol. The van der Waals surface area contributed by atoms with Gasteiger partial charge in [0.2, 0.25) is 5.91 Å². The van der Waals surface area contributed by atoms with Crippen molar-refractivity contribution >= 4 is 34.4 Å². The molecule has 0 spiro atoms. The third-order valence-corrected chi connectivity index (χ3v) is 6.27. The minimum Gasteiger partial charge on any atom is -0.472 e. The average Bonchev–Trinajstić information content (AvgIpc) is 3.34. The van der Waals surface area contributed by atoms with Gasteiger partial charge in [-0.1, -0.05) is 0 Å². The highest BCUT2D eigenvalue weighted by Crippen LogP contribution is 2.39. The van der Waals surface area contributed by atoms with Crippen LogP contribution < -0.4 is 10.6 Å². The molecule has 9 heteroatoms. The molecule has 2 amide bonds. The van der Waals surface area contributed by atoms with Crippen molar-refractivity contribution in [3.8, 4) is 6.07 Å². The normalized spacial score (nSPS) is 18.3. The number of hydrogen-bond acceptors (Lipinski definition) is 7. The fourth-order valence-corrected chi connectivity index (χ4v) is 4.73. The lowest BCUT2D eigenvalue weighted by molar-refractivity contribution is -0.111. The Bertz CT molecular complexity index is 985. The van der Waals surface area contributed by atoms with Crippen molar-refractivity contribution < 1.29 is 23.5 Å². The fraction of sp³-hybridized carbons (Fsp3) is 0.381. The second-order valence-electron chi connectivity index (χ2n) is 7.28. The van der Waals surface area contributed by atoms with Crippen molar-refractivity contribution in [3.63, 3.8) is 0 Å². The van der Waals surface area contributed by atoms with Gasteiger partial charge in [0.25, 0.3) is 0 Å². The number of hydrogen-bond donors (Lipinski definition) is 2. The number of nitriles is 1. The molecule has 0 radical (unpaired) electrons. The van der Waals surface area contributed by atoms with E-state index in [1.807, 2.05) is 0 Å². The Labute approximate surface area is 177 Å². The maximum absolute atomic E-state index is 12.2. The van der Waals surface area contributed by atoms with E-state index < -0.39 is 6.09 Å². The molecule has 4 rings (SSSR count). The van der Waals surface area contributed by atoms with Crippen molar-refractivity contribution in [2.24, 2.45) is 5.92 Å². The smallest absolute Gasteiger partial charge is 0.407 e. The van der Waals surface area contributed by atoms with Crippen LogP contribution in [0.3, 0.4) is 0 Å². The molecule has 3 heterocycles. The second-order valence-corrected chi connectivity index (χ2v) is 8.39. The summed E-state index contributed by atoms with van der Waals surface area (Å²) in [5.74, 6) is -0.113. The topological polar surface area (TPSA) is 114 Å². The van der Waals surface area contributed by atoms with Crippen molar-refractivity contribution in [2.75, 3.05) is 25.1 Å². The molecule has 156 valence electrons. The number of rotatable bonds is 6. The van der Waals surface area contributed by atoms with Crippen LogP contribution in [-0.4, -0.2) is 37.9 Å². The largest absolute Gasteiger partial charge is 0.472 e. The maximum Gasteiger partial charge on any atom is 0.407 e. The molecule has 1 atom stereocenters. The molecule has 30 heavy (non-hydrogen) atoms. The van der Waals surface area contributed by atoms with Gasteiger partial charge in [0.05, 0.1) is 44.0 Å². The summed E-state index contributed by atoms with van der Waals surface area (Å²) in [4.78, 5) is 25.1. The predicted molar refractivity (Wildman–Crippen MR) is 110 cm³/mol. The van der Waals surface area contributed by atoms with Crippen LogP contribution in [0, 0.1) is 17.2 Å². The number of anilines is 1. The van der Waals surface area contributed by atoms with E-state index >= 15 is 0 Å². The zero-order valence-corrected chi connectivity index (χ0v) is 17.0. The van der Waals surface area contributed by atoms with E-state index in [-0.39, 0.29) is 17.9 Å². The number of furan rings is 1. The van der Waals surface area contributed by atoms with Gasteiger partial charge in [-0.05, 0) is 42.9 Å². The van der Waals surface area contributed by atoms with Gasteiger partial charge in [-0.25, -0.2) is 4.79 Å². The molecule has 1 aliphatic heterocycles. The molecule has 0 bridgehead atoms. The van der Waals surface area contributed by atoms with Crippen molar-refractivity contribution in [3.05, 3.63) is 46.2 Å². The molecule has 2 aromatic heterocycles. The molecule has 8 nitrogen and oxygen atoms in total. The highest BCUT2D eigenvalue weighted by molar-refractivity contribution is 7.16. The summed E-state index contributed by atoms with van der Waals surface area (Å²) in [6.45, 7) is 1.38. The Morgan fingerprint density at radius 2 is 2.27 bits per heavy atom. The third-order valence-electron chi connectivity index (χ3n) is 5.10. The van der Waals surface area contributed by atoms with E-state index in [0.717, 1.165) is 35.3 Å². The number of fused-ring (bicyclic) bond motifs is 1. The SMILES string of the molecule is N#Cc1c(NC(=O)/C=C/c2ccoc2)sc2c1CCC(COC(=O)NC1COC1)C2. The number of carbonyl (C=O) groups excluding carboxylic acids is 2. The van der Waals surface area contributed by atoms with E-state index in [4.69, 9.17) is 13.9 Å². The number of amides is 2. The molecule has 0 aromatic carbocycles. The lowest BCUT2D eigenvalue weighted by Gasteiger charge is -2.27. The van der Waals surface area contributed by atoms with Crippen LogP contribution in [0.5, 0.6) is 0 Å². The summed E-state index contributed by atoms with van der Waals surface area (Å²) in [6, 6.07) is 4.02. The van der Waals surface area contributed by atoms with Crippen LogP contribution in [-0.2, 0) is 27.1 Å². The van der Waals surface area contributed by atoms with Crippen LogP contribution >= 0.6 is 11.3 Å². The minimum atomic E-state index is -0.421. The molecule has 1 saturated heterocycles. The summed E-state index contributed by atoms with van der Waals surface area (Å²) in [6.07, 6.45) is 7.97. The van der Waals surface area contributed by atoms with Gasteiger partial charge in [0, 0.05) is 16.5 Å². The highest BCUT2D eigenvalue weighted by Gasteiger charge is 2.28. The first-order chi connectivity index (χ1) is 14.6. The number of carbonyl (C=O) groups is 2. The number of nitrogens with zero attached hydrogens (tertiary/aromatic N) is 1. The summed E-state index contributed by atoms with van der Waals surface area (Å²) in [5, 5.41) is 15.7. The molecule has 2 N–H and O–H groups in total. The zero-order valence-electron chi connectivity index (χ0n) is 16.2. The van der Waals surface area contributed by atoms with E-state index in [1.165, 1.54) is 29.9 Å². The van der Waals surface area contributed by atoms with Crippen molar-refractivity contribution in [1.82, 2.24) is 5.32 Å². The third kappa shape index (κ3) is 4.72. The quantitative estimate of drug-likeness (QED) is 0.685. The predicted octanol–water partition coefficient (Wildman–Crippen LogP) is 3.09. The molecule has 1 aliphatic carbocycles. The number of alkyl carbamates (subject to hydrolysis) is 1. The van der Waals surface area contributed by atoms with Crippen LogP contribution in [0.4, 0.5) is 9.80 Å². The first-order valence-corrected chi connectivity index (χ1v) is 10.5. The van der Waals surface area contributed by atoms with Gasteiger partial charge < -0.3 is 24.5 Å². The second kappa shape index (κ2) is 9.15. The molecule has 1 unspecified atom stereocenters. The summed E-state index contributed by atoms with van der Waals surface area (Å²) in [7, 11) is 0. The number of ether oxygens (including phenoxy) is 2. The van der Waals surface area contributed by atoms with Gasteiger partial charge in [-0.3, -0.25) is 4.79 Å². The lowest BCUT2D eigenvalue weighted by atomic mass is 9.88. The zero-order chi connectivity index (χ0) is 20.9. The van der Waals surface area contributed by atoms with E-state index in [0.29, 0.717) is 30.4 Å². The van der Waals surface area contributed by atoms with Crippen molar-refractivity contribution in [2.45, 2.75) is 25.3 Å². The molecular formula is C21H21N3O5S. The maximum atomic E-state index is 12.2. The summed E-state index contributed by atoms with van der Waals surface area (Å²) >= 11 is 1.42. The van der Waals surface area contributed by atoms with Gasteiger partial charge in [-0.15, -0.1) is 11.3 Å². The first-order valence-electron chi connectivity index (χ1n) is 9.69. The Hall–Kier alpha value is -3.09. The highest BCUT2D eigenvalue weighted by atomic mass is 32.1. The van der Waals surface area contributed by atoms with Crippen LogP contribution in [0.2, 0.25) is 0 Å². The molecule has 0 saturated carbocycles. The molecule has 2 aromatic rings.